The number of rotatable bonds is 4. The Labute approximate surface area is 91.0 Å². The van der Waals surface area contributed by atoms with Crippen LogP contribution >= 0.6 is 0 Å². The van der Waals surface area contributed by atoms with Gasteiger partial charge >= 0.3 is 7.12 Å². The molecule has 0 saturated carbocycles. The number of allylic oxidation sites excluding steroid dienone is 1. The Morgan fingerprint density at radius 1 is 1.20 bits per heavy atom. The first kappa shape index (κ1) is 10.2. The lowest BCUT2D eigenvalue weighted by molar-refractivity contribution is 0.517. The maximum Gasteiger partial charge on any atom is 0.624 e. The topological polar surface area (TPSA) is 18.5 Å². The minimum atomic E-state index is -0.237. The van der Waals surface area contributed by atoms with Gasteiger partial charge in [0, 0.05) is 0 Å². The van der Waals surface area contributed by atoms with Crippen molar-refractivity contribution in [3.8, 4) is 11.5 Å². The summed E-state index contributed by atoms with van der Waals surface area (Å²) in [6.45, 7) is 2.19. The Bertz CT molecular complexity index is 324. The summed E-state index contributed by atoms with van der Waals surface area (Å²) in [5, 5.41) is 0. The van der Waals surface area contributed by atoms with Gasteiger partial charge in [-0.3, -0.25) is 0 Å². The van der Waals surface area contributed by atoms with Crippen LogP contribution in [0.3, 0.4) is 0 Å². The summed E-state index contributed by atoms with van der Waals surface area (Å²) in [6, 6.07) is 7.75. The summed E-state index contributed by atoms with van der Waals surface area (Å²) in [5.41, 5.74) is 0. The van der Waals surface area contributed by atoms with Crippen molar-refractivity contribution >= 4 is 7.12 Å². The molecule has 0 amide bonds. The fraction of sp³-hybridized carbons (Fsp3) is 0.333. The lowest BCUT2D eigenvalue weighted by Gasteiger charge is -1.97. The second kappa shape index (κ2) is 4.92. The molecule has 78 valence electrons. The lowest BCUT2D eigenvalue weighted by atomic mass is 9.90. The molecule has 0 N–H and O–H groups in total. The highest BCUT2D eigenvalue weighted by Crippen LogP contribution is 2.32. The van der Waals surface area contributed by atoms with E-state index in [9.17, 15) is 0 Å². The number of fused-ring (bicyclic) bond motifs is 1. The predicted molar refractivity (Wildman–Crippen MR) is 62.1 cm³/mol. The highest BCUT2D eigenvalue weighted by Gasteiger charge is 2.28. The van der Waals surface area contributed by atoms with Crippen molar-refractivity contribution in [1.29, 1.82) is 0 Å². The Morgan fingerprint density at radius 2 is 1.87 bits per heavy atom. The summed E-state index contributed by atoms with van der Waals surface area (Å²) in [6.07, 6.45) is 5.66. The van der Waals surface area contributed by atoms with Crippen molar-refractivity contribution in [2.75, 3.05) is 0 Å². The quantitative estimate of drug-likeness (QED) is 0.551. The van der Waals surface area contributed by atoms with Gasteiger partial charge in [0.2, 0.25) is 0 Å². The van der Waals surface area contributed by atoms with Crippen molar-refractivity contribution in [3.05, 3.63) is 36.3 Å². The maximum atomic E-state index is 5.58. The van der Waals surface area contributed by atoms with Crippen LogP contribution in [-0.2, 0) is 0 Å². The van der Waals surface area contributed by atoms with Crippen LogP contribution in [0, 0.1) is 0 Å². The second-order valence-corrected chi connectivity index (χ2v) is 3.62. The van der Waals surface area contributed by atoms with Crippen molar-refractivity contribution in [1.82, 2.24) is 0 Å². The molecular weight excluding hydrogens is 187 g/mol. The zero-order chi connectivity index (χ0) is 10.5. The minimum Gasteiger partial charge on any atom is -0.520 e. The van der Waals surface area contributed by atoms with E-state index in [2.05, 4.69) is 13.0 Å². The van der Waals surface area contributed by atoms with E-state index in [1.54, 1.807) is 0 Å². The maximum absolute atomic E-state index is 5.58. The molecule has 0 atom stereocenters. The monoisotopic (exact) mass is 202 g/mol. The Hall–Kier alpha value is -1.38. The van der Waals surface area contributed by atoms with Gasteiger partial charge < -0.3 is 9.31 Å². The zero-order valence-corrected chi connectivity index (χ0v) is 8.98. The molecule has 2 rings (SSSR count). The number of benzene rings is 1. The fourth-order valence-corrected chi connectivity index (χ4v) is 1.53. The normalized spacial score (nSPS) is 13.8. The second-order valence-electron chi connectivity index (χ2n) is 3.62. The molecule has 0 aliphatic carbocycles. The van der Waals surface area contributed by atoms with E-state index in [1.807, 2.05) is 30.2 Å². The van der Waals surface area contributed by atoms with Crippen LogP contribution in [0.4, 0.5) is 0 Å². The van der Waals surface area contributed by atoms with Gasteiger partial charge in [0.15, 0.2) is 0 Å². The van der Waals surface area contributed by atoms with Gasteiger partial charge in [-0.2, -0.15) is 0 Å². The third kappa shape index (κ3) is 2.55. The van der Waals surface area contributed by atoms with E-state index < -0.39 is 0 Å². The summed E-state index contributed by atoms with van der Waals surface area (Å²) < 4.78 is 11.2. The van der Waals surface area contributed by atoms with Crippen LogP contribution in [0.1, 0.15) is 26.2 Å². The van der Waals surface area contributed by atoms with Gasteiger partial charge in [-0.25, -0.2) is 0 Å². The zero-order valence-electron chi connectivity index (χ0n) is 8.98. The first-order valence-electron chi connectivity index (χ1n) is 5.49. The van der Waals surface area contributed by atoms with Gasteiger partial charge in [-0.15, -0.1) is 0 Å². The van der Waals surface area contributed by atoms with E-state index >= 15 is 0 Å². The molecule has 1 aromatic carbocycles. The average molecular weight is 202 g/mol. The molecule has 1 aliphatic heterocycles. The molecule has 2 nitrogen and oxygen atoms in total. The fourth-order valence-electron chi connectivity index (χ4n) is 1.53. The van der Waals surface area contributed by atoms with E-state index in [1.165, 1.54) is 12.8 Å². The number of hydrogen-bond acceptors (Lipinski definition) is 2. The number of unbranched alkanes of at least 4 members (excludes halogenated alkanes) is 2. The van der Waals surface area contributed by atoms with E-state index in [0.717, 1.165) is 17.9 Å². The first-order chi connectivity index (χ1) is 7.40. The summed E-state index contributed by atoms with van der Waals surface area (Å²) >= 11 is 0. The van der Waals surface area contributed by atoms with E-state index in [-0.39, 0.29) is 7.12 Å². The summed E-state index contributed by atoms with van der Waals surface area (Å²) in [7, 11) is -0.237. The third-order valence-electron chi connectivity index (χ3n) is 2.35. The van der Waals surface area contributed by atoms with E-state index in [4.69, 9.17) is 9.31 Å². The molecule has 1 aromatic rings. The van der Waals surface area contributed by atoms with Crippen LogP contribution in [0.25, 0.3) is 0 Å². The van der Waals surface area contributed by atoms with Gasteiger partial charge in [-0.05, 0) is 24.5 Å². The van der Waals surface area contributed by atoms with Crippen LogP contribution in [0.2, 0.25) is 0 Å². The smallest absolute Gasteiger partial charge is 0.520 e. The number of para-hydroxylation sites is 2. The molecule has 15 heavy (non-hydrogen) atoms. The van der Waals surface area contributed by atoms with Crippen LogP contribution < -0.4 is 9.31 Å². The largest absolute Gasteiger partial charge is 0.624 e. The SMILES string of the molecule is CCCC/C=C/B1Oc2ccccc2O1. The van der Waals surface area contributed by atoms with Gasteiger partial charge in [0.05, 0.1) is 0 Å². The Morgan fingerprint density at radius 3 is 2.47 bits per heavy atom. The van der Waals surface area contributed by atoms with Crippen molar-refractivity contribution in [2.45, 2.75) is 26.2 Å². The average Bonchev–Trinajstić information content (AvgIpc) is 2.67. The van der Waals surface area contributed by atoms with Crippen molar-refractivity contribution < 1.29 is 9.31 Å². The molecular formula is C12H15BO2. The minimum absolute atomic E-state index is 0.237. The van der Waals surface area contributed by atoms with Crippen LogP contribution in [0.5, 0.6) is 11.5 Å². The highest BCUT2D eigenvalue weighted by atomic mass is 16.6. The molecule has 1 heterocycles. The van der Waals surface area contributed by atoms with Gasteiger partial charge in [0.25, 0.3) is 0 Å². The Kier molecular flexibility index (Phi) is 3.33. The molecule has 0 aromatic heterocycles. The molecule has 0 radical (unpaired) electrons. The van der Waals surface area contributed by atoms with Gasteiger partial charge in [0.1, 0.15) is 11.5 Å². The van der Waals surface area contributed by atoms with Crippen molar-refractivity contribution in [2.24, 2.45) is 0 Å². The third-order valence-corrected chi connectivity index (χ3v) is 2.35. The predicted octanol–water partition coefficient (Wildman–Crippen LogP) is 3.23. The van der Waals surface area contributed by atoms with Gasteiger partial charge in [-0.1, -0.05) is 38.0 Å². The molecule has 0 unspecified atom stereocenters. The molecule has 0 fully saturated rings. The molecule has 0 saturated heterocycles. The summed E-state index contributed by atoms with van der Waals surface area (Å²) in [5.74, 6) is 3.65. The molecule has 3 heteroatoms. The molecule has 0 spiro atoms. The van der Waals surface area contributed by atoms with Crippen LogP contribution in [-0.4, -0.2) is 7.12 Å². The lowest BCUT2D eigenvalue weighted by Crippen LogP contribution is -2.21. The standard InChI is InChI=1S/C12H15BO2/c1-2-3-4-7-10-13-14-11-8-5-6-9-12(11)15-13/h5-10H,2-4H2,1H3/b10-7+. The highest BCUT2D eigenvalue weighted by molar-refractivity contribution is 6.53. The first-order valence-corrected chi connectivity index (χ1v) is 5.49. The van der Waals surface area contributed by atoms with Crippen molar-refractivity contribution in [3.63, 3.8) is 0 Å². The molecule has 1 aliphatic rings. The van der Waals surface area contributed by atoms with E-state index in [0.29, 0.717) is 0 Å². The van der Waals surface area contributed by atoms with Crippen LogP contribution in [0.15, 0.2) is 36.3 Å². The summed E-state index contributed by atoms with van der Waals surface area (Å²) in [4.78, 5) is 0. The Balaban J connectivity index is 1.87. The molecule has 0 bridgehead atoms. The number of hydrogen-bond donors (Lipinski definition) is 0.